The predicted molar refractivity (Wildman–Crippen MR) is 113 cm³/mol. The Hall–Kier alpha value is -3.16. The first-order chi connectivity index (χ1) is 14.5. The lowest BCUT2D eigenvalue weighted by molar-refractivity contribution is -0.116. The lowest BCUT2D eigenvalue weighted by Crippen LogP contribution is -2.15. The number of benzene rings is 1. The van der Waals surface area contributed by atoms with Crippen molar-refractivity contribution in [2.45, 2.75) is 58.5 Å². The predicted octanol–water partition coefficient (Wildman–Crippen LogP) is 3.64. The van der Waals surface area contributed by atoms with Crippen LogP contribution in [0.1, 0.15) is 49.1 Å². The molecule has 2 aromatic heterocycles. The second kappa shape index (κ2) is 8.69. The average Bonchev–Trinajstić information content (AvgIpc) is 3.40. The van der Waals surface area contributed by atoms with Gasteiger partial charge in [0, 0.05) is 29.6 Å². The fourth-order valence-corrected chi connectivity index (χ4v) is 4.01. The van der Waals surface area contributed by atoms with Gasteiger partial charge in [-0.25, -0.2) is 9.50 Å². The Morgan fingerprint density at radius 2 is 2.03 bits per heavy atom. The lowest BCUT2D eigenvalue weighted by Gasteiger charge is -2.17. The van der Waals surface area contributed by atoms with Gasteiger partial charge < -0.3 is 14.8 Å². The first-order valence-corrected chi connectivity index (χ1v) is 10.4. The van der Waals surface area contributed by atoms with Crippen LogP contribution in [0.15, 0.2) is 24.5 Å². The molecular weight excluding hydrogens is 382 g/mol. The van der Waals surface area contributed by atoms with E-state index in [0.717, 1.165) is 29.8 Å². The van der Waals surface area contributed by atoms with Crippen LogP contribution >= 0.6 is 0 Å². The molecule has 0 radical (unpaired) electrons. The summed E-state index contributed by atoms with van der Waals surface area (Å²) >= 11 is 0. The average molecular weight is 409 g/mol. The van der Waals surface area contributed by atoms with Gasteiger partial charge in [-0.3, -0.25) is 4.79 Å². The molecule has 1 aromatic carbocycles. The van der Waals surface area contributed by atoms with Gasteiger partial charge in [-0.2, -0.15) is 10.1 Å². The van der Waals surface area contributed by atoms with E-state index in [1.807, 2.05) is 32.0 Å². The molecule has 8 nitrogen and oxygen atoms in total. The van der Waals surface area contributed by atoms with E-state index in [4.69, 9.17) is 9.47 Å². The molecule has 1 N–H and O–H groups in total. The van der Waals surface area contributed by atoms with Gasteiger partial charge >= 0.3 is 0 Å². The van der Waals surface area contributed by atoms with Gasteiger partial charge in [0.25, 0.3) is 5.78 Å². The molecule has 1 fully saturated rings. The van der Waals surface area contributed by atoms with Gasteiger partial charge in [0.05, 0.1) is 13.2 Å². The van der Waals surface area contributed by atoms with E-state index in [0.29, 0.717) is 35.8 Å². The Morgan fingerprint density at radius 1 is 1.23 bits per heavy atom. The summed E-state index contributed by atoms with van der Waals surface area (Å²) in [6.45, 7) is 3.91. The number of anilines is 1. The highest BCUT2D eigenvalue weighted by molar-refractivity contribution is 5.91. The van der Waals surface area contributed by atoms with Crippen molar-refractivity contribution in [1.29, 1.82) is 0 Å². The third kappa shape index (κ3) is 4.22. The molecule has 0 spiro atoms. The molecule has 1 saturated carbocycles. The normalized spacial score (nSPS) is 14.2. The molecule has 0 saturated heterocycles. The number of hydrogen-bond acceptors (Lipinski definition) is 6. The summed E-state index contributed by atoms with van der Waals surface area (Å²) < 4.78 is 13.2. The van der Waals surface area contributed by atoms with E-state index in [1.165, 1.54) is 19.2 Å². The molecule has 1 aliphatic carbocycles. The van der Waals surface area contributed by atoms with Crippen molar-refractivity contribution in [1.82, 2.24) is 19.6 Å². The number of aryl methyl sites for hydroxylation is 2. The minimum atomic E-state index is -0.0653. The van der Waals surface area contributed by atoms with Crippen LogP contribution in [0.2, 0.25) is 0 Å². The maximum absolute atomic E-state index is 12.6. The largest absolute Gasteiger partial charge is 0.493 e. The molecule has 8 heteroatoms. The van der Waals surface area contributed by atoms with E-state index in [9.17, 15) is 4.79 Å². The summed E-state index contributed by atoms with van der Waals surface area (Å²) in [7, 11) is 1.62. The monoisotopic (exact) mass is 409 g/mol. The quantitative estimate of drug-likeness (QED) is 0.641. The van der Waals surface area contributed by atoms with Crippen LogP contribution < -0.4 is 14.8 Å². The number of rotatable bonds is 7. The van der Waals surface area contributed by atoms with Gasteiger partial charge in [-0.15, -0.1) is 0 Å². The van der Waals surface area contributed by atoms with Crippen molar-refractivity contribution in [2.24, 2.45) is 0 Å². The molecule has 1 aliphatic rings. The number of methoxy groups -OCH3 is 1. The minimum absolute atomic E-state index is 0.0653. The van der Waals surface area contributed by atoms with E-state index in [-0.39, 0.29) is 12.0 Å². The summed E-state index contributed by atoms with van der Waals surface area (Å²) in [5.74, 6) is 1.86. The number of ether oxygens (including phenoxy) is 2. The van der Waals surface area contributed by atoms with Crippen molar-refractivity contribution in [3.63, 3.8) is 0 Å². The van der Waals surface area contributed by atoms with Gasteiger partial charge in [-0.05, 0) is 63.6 Å². The van der Waals surface area contributed by atoms with E-state index < -0.39 is 0 Å². The standard InChI is InChI=1S/C22H27N5O3/c1-14-18(15(2)27-22(25-14)23-13-24-27)9-11-21(28)26-16-8-10-19(29-3)20(12-16)30-17-6-4-5-7-17/h8,10,12-13,17H,4-7,9,11H2,1-3H3,(H,26,28). The number of carbonyl (C=O) groups is 1. The van der Waals surface area contributed by atoms with Crippen LogP contribution in [0.5, 0.6) is 11.5 Å². The lowest BCUT2D eigenvalue weighted by atomic mass is 10.1. The Balaban J connectivity index is 1.42. The van der Waals surface area contributed by atoms with E-state index >= 15 is 0 Å². The third-order valence-corrected chi connectivity index (χ3v) is 5.63. The zero-order valence-electron chi connectivity index (χ0n) is 17.6. The van der Waals surface area contributed by atoms with Crippen LogP contribution in [0.3, 0.4) is 0 Å². The van der Waals surface area contributed by atoms with Gasteiger partial charge in [-0.1, -0.05) is 0 Å². The highest BCUT2D eigenvalue weighted by Gasteiger charge is 2.19. The van der Waals surface area contributed by atoms with Crippen LogP contribution in [-0.4, -0.2) is 38.7 Å². The highest BCUT2D eigenvalue weighted by Crippen LogP contribution is 2.34. The minimum Gasteiger partial charge on any atom is -0.493 e. The molecule has 3 aromatic rings. The van der Waals surface area contributed by atoms with Gasteiger partial charge in [0.15, 0.2) is 11.5 Å². The SMILES string of the molecule is COc1ccc(NC(=O)CCc2c(C)nc3ncnn3c2C)cc1OC1CCCC1. The van der Waals surface area contributed by atoms with Crippen LogP contribution in [0.4, 0.5) is 5.69 Å². The summed E-state index contributed by atoms with van der Waals surface area (Å²) in [5.41, 5.74) is 3.55. The fourth-order valence-electron chi connectivity index (χ4n) is 4.01. The topological polar surface area (TPSA) is 90.6 Å². The molecule has 0 aliphatic heterocycles. The second-order valence-electron chi connectivity index (χ2n) is 7.67. The van der Waals surface area contributed by atoms with Crippen molar-refractivity contribution in [3.8, 4) is 11.5 Å². The molecular formula is C22H27N5O3. The Bertz CT molecular complexity index is 1060. The first-order valence-electron chi connectivity index (χ1n) is 10.4. The maximum Gasteiger partial charge on any atom is 0.252 e. The number of amides is 1. The highest BCUT2D eigenvalue weighted by atomic mass is 16.5. The van der Waals surface area contributed by atoms with Gasteiger partial charge in [0.1, 0.15) is 6.33 Å². The fraction of sp³-hybridized carbons (Fsp3) is 0.455. The summed E-state index contributed by atoms with van der Waals surface area (Å²) in [6, 6.07) is 5.50. The molecule has 30 heavy (non-hydrogen) atoms. The Morgan fingerprint density at radius 3 is 2.80 bits per heavy atom. The number of carbonyl (C=O) groups excluding carboxylic acids is 1. The van der Waals surface area contributed by atoms with E-state index in [2.05, 4.69) is 20.4 Å². The van der Waals surface area contributed by atoms with Crippen LogP contribution in [-0.2, 0) is 11.2 Å². The van der Waals surface area contributed by atoms with Gasteiger partial charge in [0.2, 0.25) is 5.91 Å². The van der Waals surface area contributed by atoms with E-state index in [1.54, 1.807) is 11.6 Å². The summed E-state index contributed by atoms with van der Waals surface area (Å²) in [5, 5.41) is 7.17. The van der Waals surface area contributed by atoms with Crippen molar-refractivity contribution < 1.29 is 14.3 Å². The maximum atomic E-state index is 12.6. The molecule has 0 atom stereocenters. The smallest absolute Gasteiger partial charge is 0.252 e. The van der Waals surface area contributed by atoms with Crippen molar-refractivity contribution in [2.75, 3.05) is 12.4 Å². The Kier molecular flexibility index (Phi) is 5.83. The molecule has 158 valence electrons. The number of hydrogen-bond donors (Lipinski definition) is 1. The molecule has 0 unspecified atom stereocenters. The number of aromatic nitrogens is 4. The molecule has 1 amide bonds. The summed E-state index contributed by atoms with van der Waals surface area (Å²) in [4.78, 5) is 21.2. The number of fused-ring (bicyclic) bond motifs is 1. The zero-order valence-corrected chi connectivity index (χ0v) is 17.6. The van der Waals surface area contributed by atoms with Crippen molar-refractivity contribution in [3.05, 3.63) is 41.5 Å². The molecule has 2 heterocycles. The Labute approximate surface area is 175 Å². The van der Waals surface area contributed by atoms with Crippen molar-refractivity contribution >= 4 is 17.4 Å². The second-order valence-corrected chi connectivity index (χ2v) is 7.67. The molecule has 4 rings (SSSR count). The first kappa shape index (κ1) is 20.1. The van der Waals surface area contributed by atoms with Crippen LogP contribution in [0.25, 0.3) is 5.78 Å². The third-order valence-electron chi connectivity index (χ3n) is 5.63. The summed E-state index contributed by atoms with van der Waals surface area (Å²) in [6.07, 6.45) is 7.12. The molecule has 0 bridgehead atoms. The number of nitrogens with zero attached hydrogens (tertiary/aromatic N) is 4. The number of nitrogens with one attached hydrogen (secondary N) is 1. The zero-order chi connectivity index (χ0) is 21.1. The van der Waals surface area contributed by atoms with Crippen LogP contribution in [0, 0.1) is 13.8 Å².